The summed E-state index contributed by atoms with van der Waals surface area (Å²) in [5, 5.41) is 5.78. The smallest absolute Gasteiger partial charge is 0.404 e. The average Bonchev–Trinajstić information content (AvgIpc) is 3.27. The minimum absolute atomic E-state index is 0.00423. The Balaban J connectivity index is 1.60. The molecule has 0 heterocycles. The second-order valence-corrected chi connectivity index (χ2v) is 9.41. The maximum atomic E-state index is 12.5. The Labute approximate surface area is 245 Å². The van der Waals surface area contributed by atoms with Gasteiger partial charge in [-0.25, -0.2) is 4.79 Å². The van der Waals surface area contributed by atoms with Crippen LogP contribution < -0.4 is 27.8 Å². The van der Waals surface area contributed by atoms with Crippen molar-refractivity contribution in [3.05, 3.63) is 47.5 Å². The SMILES string of the molecule is NCCOCCOCCC(=O)Nc1ccc2c(c1)C(COC(N)=O)c1cc(NC(=O)CCOCCOCCN)ccc1-2. The van der Waals surface area contributed by atoms with Crippen LogP contribution >= 0.6 is 0 Å². The van der Waals surface area contributed by atoms with Crippen LogP contribution in [0, 0.1) is 0 Å². The third-order valence-corrected chi connectivity index (χ3v) is 6.32. The first kappa shape index (κ1) is 32.9. The van der Waals surface area contributed by atoms with Crippen LogP contribution in [0.5, 0.6) is 0 Å². The zero-order valence-corrected chi connectivity index (χ0v) is 23.7. The van der Waals surface area contributed by atoms with Gasteiger partial charge < -0.3 is 51.5 Å². The molecule has 3 rings (SSSR count). The van der Waals surface area contributed by atoms with Gasteiger partial charge in [0.15, 0.2) is 0 Å². The second-order valence-electron chi connectivity index (χ2n) is 9.41. The molecule has 0 unspecified atom stereocenters. The van der Waals surface area contributed by atoms with Gasteiger partial charge in [-0.1, -0.05) is 12.1 Å². The van der Waals surface area contributed by atoms with Gasteiger partial charge in [0.2, 0.25) is 11.8 Å². The molecule has 13 nitrogen and oxygen atoms in total. The number of ether oxygens (including phenoxy) is 5. The van der Waals surface area contributed by atoms with E-state index >= 15 is 0 Å². The Kier molecular flexibility index (Phi) is 14.2. The fraction of sp³-hybridized carbons (Fsp3) is 0.483. The summed E-state index contributed by atoms with van der Waals surface area (Å²) in [6, 6.07) is 11.2. The van der Waals surface area contributed by atoms with Crippen LogP contribution in [0.4, 0.5) is 16.2 Å². The van der Waals surface area contributed by atoms with Gasteiger partial charge in [-0.2, -0.15) is 0 Å². The molecule has 0 saturated carbocycles. The molecule has 13 heteroatoms. The van der Waals surface area contributed by atoms with E-state index in [9.17, 15) is 14.4 Å². The van der Waals surface area contributed by atoms with Gasteiger partial charge in [0.25, 0.3) is 0 Å². The number of nitrogens with one attached hydrogen (secondary N) is 2. The van der Waals surface area contributed by atoms with Crippen molar-refractivity contribution in [2.45, 2.75) is 18.8 Å². The van der Waals surface area contributed by atoms with Crippen LogP contribution in [0.25, 0.3) is 11.1 Å². The number of hydrogen-bond acceptors (Lipinski definition) is 10. The first-order valence-electron chi connectivity index (χ1n) is 13.9. The summed E-state index contributed by atoms with van der Waals surface area (Å²) < 4.78 is 26.5. The van der Waals surface area contributed by atoms with Crippen LogP contribution in [-0.4, -0.2) is 90.5 Å². The number of rotatable bonds is 20. The lowest BCUT2D eigenvalue weighted by Crippen LogP contribution is -2.18. The molecule has 1 aliphatic carbocycles. The molecule has 0 saturated heterocycles. The number of hydrogen-bond donors (Lipinski definition) is 5. The van der Waals surface area contributed by atoms with Crippen molar-refractivity contribution < 1.29 is 38.1 Å². The Morgan fingerprint density at radius 1 is 0.643 bits per heavy atom. The molecule has 2 aromatic carbocycles. The average molecular weight is 588 g/mol. The van der Waals surface area contributed by atoms with Crippen molar-refractivity contribution in [2.24, 2.45) is 17.2 Å². The summed E-state index contributed by atoms with van der Waals surface area (Å²) >= 11 is 0. The van der Waals surface area contributed by atoms with Gasteiger partial charge in [0.1, 0.15) is 6.61 Å². The summed E-state index contributed by atoms with van der Waals surface area (Å²) in [4.78, 5) is 36.4. The van der Waals surface area contributed by atoms with Gasteiger partial charge in [-0.15, -0.1) is 0 Å². The zero-order chi connectivity index (χ0) is 30.2. The minimum Gasteiger partial charge on any atom is -0.449 e. The van der Waals surface area contributed by atoms with Gasteiger partial charge in [0, 0.05) is 30.4 Å². The van der Waals surface area contributed by atoms with E-state index in [2.05, 4.69) is 10.6 Å². The third kappa shape index (κ3) is 10.7. The predicted octanol–water partition coefficient (Wildman–Crippen LogP) is 1.54. The molecule has 3 amide bonds. The number of anilines is 2. The third-order valence-electron chi connectivity index (χ3n) is 6.32. The molecule has 230 valence electrons. The topological polar surface area (TPSA) is 199 Å². The molecule has 1 aliphatic rings. The highest BCUT2D eigenvalue weighted by Gasteiger charge is 2.30. The van der Waals surface area contributed by atoms with Crippen molar-refractivity contribution in [1.82, 2.24) is 0 Å². The maximum absolute atomic E-state index is 12.5. The van der Waals surface area contributed by atoms with Crippen molar-refractivity contribution in [1.29, 1.82) is 0 Å². The Hall–Kier alpha value is -3.59. The fourth-order valence-electron chi connectivity index (χ4n) is 4.45. The molecule has 2 aromatic rings. The van der Waals surface area contributed by atoms with Crippen LogP contribution in [0.3, 0.4) is 0 Å². The summed E-state index contributed by atoms with van der Waals surface area (Å²) in [6.45, 7) is 3.96. The molecular weight excluding hydrogens is 546 g/mol. The minimum atomic E-state index is -0.888. The quantitative estimate of drug-likeness (QED) is 0.142. The molecule has 0 radical (unpaired) electrons. The van der Waals surface area contributed by atoms with E-state index in [0.29, 0.717) is 64.1 Å². The number of primary amides is 1. The first-order valence-corrected chi connectivity index (χ1v) is 13.9. The van der Waals surface area contributed by atoms with E-state index < -0.39 is 6.09 Å². The number of fused-ring (bicyclic) bond motifs is 3. The normalized spacial score (nSPS) is 12.0. The van der Waals surface area contributed by atoms with E-state index in [1.54, 1.807) is 0 Å². The molecule has 0 bridgehead atoms. The highest BCUT2D eigenvalue weighted by molar-refractivity contribution is 5.94. The molecule has 0 atom stereocenters. The van der Waals surface area contributed by atoms with E-state index in [4.69, 9.17) is 40.9 Å². The van der Waals surface area contributed by atoms with E-state index in [-0.39, 0.29) is 50.4 Å². The lowest BCUT2D eigenvalue weighted by atomic mass is 9.97. The van der Waals surface area contributed by atoms with Crippen LogP contribution in [-0.2, 0) is 33.3 Å². The largest absolute Gasteiger partial charge is 0.449 e. The molecule has 0 fully saturated rings. The standard InChI is InChI=1S/C29H41N5O8/c30-7-11-40-15-13-38-9-5-27(35)33-20-1-3-22-23-4-2-21(34-28(36)6-10-39-14-16-41-12-8-31)18-25(23)26(24(22)17-20)19-42-29(32)37/h1-4,17-18,26H,5-16,19,30-31H2,(H2,32,37)(H,33,35)(H,34,36). The fourth-order valence-corrected chi connectivity index (χ4v) is 4.45. The first-order chi connectivity index (χ1) is 20.4. The lowest BCUT2D eigenvalue weighted by Gasteiger charge is -2.15. The van der Waals surface area contributed by atoms with Gasteiger partial charge in [-0.05, 0) is 46.5 Å². The van der Waals surface area contributed by atoms with Crippen LogP contribution in [0.1, 0.15) is 29.9 Å². The predicted molar refractivity (Wildman–Crippen MR) is 157 cm³/mol. The van der Waals surface area contributed by atoms with Crippen molar-refractivity contribution in [3.63, 3.8) is 0 Å². The maximum Gasteiger partial charge on any atom is 0.404 e. The Morgan fingerprint density at radius 3 is 1.48 bits per heavy atom. The highest BCUT2D eigenvalue weighted by atomic mass is 16.5. The monoisotopic (exact) mass is 587 g/mol. The molecule has 8 N–H and O–H groups in total. The number of carbonyl (C=O) groups excluding carboxylic acids is 3. The van der Waals surface area contributed by atoms with Gasteiger partial charge in [0.05, 0.1) is 65.7 Å². The van der Waals surface area contributed by atoms with Gasteiger partial charge >= 0.3 is 6.09 Å². The van der Waals surface area contributed by atoms with Crippen LogP contribution in [0.2, 0.25) is 0 Å². The molecule has 0 aliphatic heterocycles. The number of carbonyl (C=O) groups is 3. The van der Waals surface area contributed by atoms with Crippen molar-refractivity contribution >= 4 is 29.3 Å². The molecule has 42 heavy (non-hydrogen) atoms. The summed E-state index contributed by atoms with van der Waals surface area (Å²) in [5.74, 6) is -0.740. The summed E-state index contributed by atoms with van der Waals surface area (Å²) in [5.41, 5.74) is 20.8. The molecular formula is C29H41N5O8. The lowest BCUT2D eigenvalue weighted by molar-refractivity contribution is -0.118. The van der Waals surface area contributed by atoms with E-state index in [1.807, 2.05) is 36.4 Å². The van der Waals surface area contributed by atoms with Crippen molar-refractivity contribution in [3.8, 4) is 11.1 Å². The summed E-state index contributed by atoms with van der Waals surface area (Å²) in [7, 11) is 0. The number of benzene rings is 2. The van der Waals surface area contributed by atoms with Crippen molar-refractivity contribution in [2.75, 3.05) is 83.2 Å². The summed E-state index contributed by atoms with van der Waals surface area (Å²) in [6.07, 6.45) is -0.530. The number of amides is 3. The molecule has 0 spiro atoms. The van der Waals surface area contributed by atoms with E-state index in [1.165, 1.54) is 0 Å². The van der Waals surface area contributed by atoms with Crippen LogP contribution in [0.15, 0.2) is 36.4 Å². The Bertz CT molecular complexity index is 1100. The Morgan fingerprint density at radius 2 is 1.07 bits per heavy atom. The van der Waals surface area contributed by atoms with Gasteiger partial charge in [-0.3, -0.25) is 9.59 Å². The van der Waals surface area contributed by atoms with E-state index in [0.717, 1.165) is 22.3 Å². The highest BCUT2D eigenvalue weighted by Crippen LogP contribution is 2.46. The zero-order valence-electron chi connectivity index (χ0n) is 23.7. The molecule has 0 aromatic heterocycles. The second kappa shape index (κ2) is 18.1. The number of nitrogens with two attached hydrogens (primary N) is 3.